The third kappa shape index (κ3) is 4.98. The molecule has 2 aliphatic rings. The Morgan fingerprint density at radius 1 is 1.07 bits per heavy atom. The van der Waals surface area contributed by atoms with Crippen molar-refractivity contribution in [2.75, 3.05) is 17.2 Å². The number of nitrogen functional groups attached to an aromatic ring is 1. The number of rotatable bonds is 8. The zero-order valence-electron chi connectivity index (χ0n) is 22.4. The molecule has 2 N–H and O–H groups in total. The molecule has 0 unspecified atom stereocenters. The van der Waals surface area contributed by atoms with Crippen LogP contribution in [0.15, 0.2) is 66.4 Å². The number of Topliss-reactive ketones (excluding diaryl/α,β-unsaturated/α-hetero) is 1. The fraction of sp³-hybridized carbons (Fsp3) is 0.194. The SMILES string of the molecule is Cc1cc(Oc2ccccc2F)ccc1-n1ncc(C(=O)C2=Cc3cc(OC(F)F)c(N4CCCC4=O)cc3C2)c1N. The van der Waals surface area contributed by atoms with Crippen molar-refractivity contribution in [3.63, 3.8) is 0 Å². The van der Waals surface area contributed by atoms with Gasteiger partial charge in [0.2, 0.25) is 5.91 Å². The van der Waals surface area contributed by atoms with E-state index in [4.69, 9.17) is 15.2 Å². The number of nitrogens with zero attached hydrogens (tertiary/aromatic N) is 3. The summed E-state index contributed by atoms with van der Waals surface area (Å²) in [7, 11) is 0. The molecular formula is C31H25F3N4O4. The van der Waals surface area contributed by atoms with Crippen LogP contribution >= 0.6 is 0 Å². The first-order valence-corrected chi connectivity index (χ1v) is 13.2. The first-order chi connectivity index (χ1) is 20.2. The van der Waals surface area contributed by atoms with Crippen molar-refractivity contribution >= 4 is 29.3 Å². The topological polar surface area (TPSA) is 99.7 Å². The largest absolute Gasteiger partial charge is 0.454 e. The normalized spacial score (nSPS) is 14.4. The Morgan fingerprint density at radius 2 is 1.88 bits per heavy atom. The predicted molar refractivity (Wildman–Crippen MR) is 150 cm³/mol. The first-order valence-electron chi connectivity index (χ1n) is 13.2. The van der Waals surface area contributed by atoms with Crippen LogP contribution in [0, 0.1) is 12.7 Å². The van der Waals surface area contributed by atoms with E-state index in [-0.39, 0.29) is 46.7 Å². The Labute approximate surface area is 238 Å². The van der Waals surface area contributed by atoms with Crippen LogP contribution in [0.5, 0.6) is 17.2 Å². The molecule has 8 nitrogen and oxygen atoms in total. The number of benzene rings is 3. The number of aryl methyl sites for hydroxylation is 1. The monoisotopic (exact) mass is 574 g/mol. The lowest BCUT2D eigenvalue weighted by Crippen LogP contribution is -2.25. The van der Waals surface area contributed by atoms with E-state index in [2.05, 4.69) is 5.10 Å². The van der Waals surface area contributed by atoms with Gasteiger partial charge in [0.25, 0.3) is 0 Å². The number of hydrogen-bond acceptors (Lipinski definition) is 6. The number of ether oxygens (including phenoxy) is 2. The van der Waals surface area contributed by atoms with Gasteiger partial charge in [-0.2, -0.15) is 13.9 Å². The van der Waals surface area contributed by atoms with Crippen LogP contribution in [0.25, 0.3) is 11.8 Å². The number of nitrogens with two attached hydrogens (primary N) is 1. The number of anilines is 2. The van der Waals surface area contributed by atoms with Crippen molar-refractivity contribution in [3.05, 3.63) is 94.4 Å². The summed E-state index contributed by atoms with van der Waals surface area (Å²) in [5, 5.41) is 4.33. The number of fused-ring (bicyclic) bond motifs is 1. The first kappa shape index (κ1) is 27.1. The summed E-state index contributed by atoms with van der Waals surface area (Å²) in [6, 6.07) is 14.2. The quantitative estimate of drug-likeness (QED) is 0.250. The highest BCUT2D eigenvalue weighted by atomic mass is 19.3. The van der Waals surface area contributed by atoms with Gasteiger partial charge in [0, 0.05) is 25.0 Å². The molecule has 1 aromatic heterocycles. The van der Waals surface area contributed by atoms with Gasteiger partial charge in [-0.05, 0) is 78.6 Å². The second-order valence-electron chi connectivity index (χ2n) is 10.1. The van der Waals surface area contributed by atoms with Gasteiger partial charge >= 0.3 is 6.61 Å². The summed E-state index contributed by atoms with van der Waals surface area (Å²) < 4.78 is 52.2. The Morgan fingerprint density at radius 3 is 2.60 bits per heavy atom. The average Bonchev–Trinajstić information content (AvgIpc) is 3.67. The molecule has 3 aromatic carbocycles. The molecule has 11 heteroatoms. The molecule has 42 heavy (non-hydrogen) atoms. The number of para-hydroxylation sites is 1. The van der Waals surface area contributed by atoms with Gasteiger partial charge in [-0.1, -0.05) is 12.1 Å². The second-order valence-corrected chi connectivity index (χ2v) is 10.1. The van der Waals surface area contributed by atoms with E-state index in [1.165, 1.54) is 34.0 Å². The molecule has 1 aliphatic heterocycles. The Kier molecular flexibility index (Phi) is 6.93. The Bertz CT molecular complexity index is 1770. The van der Waals surface area contributed by atoms with Gasteiger partial charge in [-0.3, -0.25) is 9.59 Å². The lowest BCUT2D eigenvalue weighted by atomic mass is 10.0. The zero-order valence-corrected chi connectivity index (χ0v) is 22.4. The van der Waals surface area contributed by atoms with Gasteiger partial charge in [0.15, 0.2) is 17.3 Å². The Balaban J connectivity index is 1.25. The van der Waals surface area contributed by atoms with Crippen LogP contribution in [0.2, 0.25) is 0 Å². The van der Waals surface area contributed by atoms with E-state index in [0.29, 0.717) is 47.5 Å². The number of aromatic nitrogens is 2. The second kappa shape index (κ2) is 10.7. The lowest BCUT2D eigenvalue weighted by Gasteiger charge is -2.21. The minimum Gasteiger partial charge on any atom is -0.454 e. The number of amides is 1. The number of hydrogen-bond donors (Lipinski definition) is 1. The average molecular weight is 575 g/mol. The van der Waals surface area contributed by atoms with Gasteiger partial charge < -0.3 is 20.1 Å². The minimum atomic E-state index is -3.07. The smallest absolute Gasteiger partial charge is 0.387 e. The highest BCUT2D eigenvalue weighted by molar-refractivity contribution is 6.15. The zero-order chi connectivity index (χ0) is 29.5. The molecule has 0 atom stereocenters. The van der Waals surface area contributed by atoms with Crippen molar-refractivity contribution < 1.29 is 32.2 Å². The number of alkyl halides is 2. The summed E-state index contributed by atoms with van der Waals surface area (Å²) in [6.45, 7) is -0.855. The molecule has 0 radical (unpaired) electrons. The number of ketones is 1. The number of halogens is 3. The molecule has 2 heterocycles. The summed E-state index contributed by atoms with van der Waals surface area (Å²) in [4.78, 5) is 27.3. The van der Waals surface area contributed by atoms with Gasteiger partial charge in [0.1, 0.15) is 17.3 Å². The van der Waals surface area contributed by atoms with Crippen molar-refractivity contribution in [2.45, 2.75) is 32.8 Å². The molecule has 1 saturated heterocycles. The molecule has 4 aromatic rings. The molecule has 1 amide bonds. The summed E-state index contributed by atoms with van der Waals surface area (Å²) in [6.07, 6.45) is 4.17. The fourth-order valence-electron chi connectivity index (χ4n) is 5.29. The highest BCUT2D eigenvalue weighted by Gasteiger charge is 2.30. The third-order valence-corrected chi connectivity index (χ3v) is 7.32. The molecule has 0 bridgehead atoms. The standard InChI is InChI=1S/C31H25F3N4O4/c1-17-11-21(41-26-6-3-2-5-23(26)32)8-9-24(17)38-30(35)22(16-36-38)29(40)20-12-18-14-25(37-10-4-7-28(37)39)27(42-31(33)34)15-19(18)13-20/h2-3,5-6,8-9,11,13-16,31H,4,7,10,12,35H2,1H3. The van der Waals surface area contributed by atoms with Crippen LogP contribution < -0.4 is 20.1 Å². The van der Waals surface area contributed by atoms with Crippen LogP contribution in [0.1, 0.15) is 39.9 Å². The van der Waals surface area contributed by atoms with Crippen molar-refractivity contribution in [3.8, 4) is 22.9 Å². The summed E-state index contributed by atoms with van der Waals surface area (Å²) >= 11 is 0. The van der Waals surface area contributed by atoms with Crippen LogP contribution in [-0.2, 0) is 11.2 Å². The molecular weight excluding hydrogens is 549 g/mol. The minimum absolute atomic E-state index is 0.0917. The molecule has 1 fully saturated rings. The van der Waals surface area contributed by atoms with Crippen LogP contribution in [0.4, 0.5) is 24.7 Å². The fourth-order valence-corrected chi connectivity index (χ4v) is 5.29. The maximum atomic E-state index is 14.0. The van der Waals surface area contributed by atoms with Crippen molar-refractivity contribution in [1.82, 2.24) is 9.78 Å². The van der Waals surface area contributed by atoms with E-state index < -0.39 is 12.4 Å². The highest BCUT2D eigenvalue weighted by Crippen LogP contribution is 2.40. The number of carbonyl (C=O) groups is 2. The molecule has 1 aliphatic carbocycles. The molecule has 0 saturated carbocycles. The predicted octanol–water partition coefficient (Wildman–Crippen LogP) is 6.24. The van der Waals surface area contributed by atoms with E-state index in [9.17, 15) is 22.8 Å². The maximum Gasteiger partial charge on any atom is 0.387 e. The van der Waals surface area contributed by atoms with E-state index in [1.807, 2.05) is 6.92 Å². The number of allylic oxidation sites excluding steroid dienone is 1. The third-order valence-electron chi connectivity index (χ3n) is 7.32. The molecule has 214 valence electrons. The molecule has 6 rings (SSSR count). The summed E-state index contributed by atoms with van der Waals surface area (Å²) in [5.41, 5.74) is 9.82. The van der Waals surface area contributed by atoms with E-state index in [1.54, 1.807) is 42.5 Å². The van der Waals surface area contributed by atoms with Gasteiger partial charge in [-0.15, -0.1) is 0 Å². The van der Waals surface area contributed by atoms with Crippen molar-refractivity contribution in [1.29, 1.82) is 0 Å². The van der Waals surface area contributed by atoms with Crippen LogP contribution in [-0.4, -0.2) is 34.6 Å². The van der Waals surface area contributed by atoms with Gasteiger partial charge in [-0.25, -0.2) is 9.07 Å². The molecule has 0 spiro atoms. The van der Waals surface area contributed by atoms with Crippen molar-refractivity contribution in [2.24, 2.45) is 0 Å². The number of carbonyl (C=O) groups excluding carboxylic acids is 2. The lowest BCUT2D eigenvalue weighted by molar-refractivity contribution is -0.117. The Hall–Kier alpha value is -5.06. The van der Waals surface area contributed by atoms with Gasteiger partial charge in [0.05, 0.1) is 23.1 Å². The van der Waals surface area contributed by atoms with E-state index in [0.717, 1.165) is 5.56 Å². The van der Waals surface area contributed by atoms with Crippen LogP contribution in [0.3, 0.4) is 0 Å². The summed E-state index contributed by atoms with van der Waals surface area (Å²) in [5.74, 6) is -0.500. The van der Waals surface area contributed by atoms with E-state index >= 15 is 0 Å². The maximum absolute atomic E-state index is 14.0.